The smallest absolute Gasteiger partial charge is 0.273 e. The standard InChI is InChI=1S/C14H20F2N2O/c1-18-13(19)11(8-10-17)7-9-14(15,16)12-5-3-2-4-6-12/h2-6,11H,7-10,17H2,1H3,(H,18,19). The average molecular weight is 270 g/mol. The molecule has 5 heteroatoms. The van der Waals surface area contributed by atoms with Gasteiger partial charge in [-0.3, -0.25) is 4.79 Å². The number of carbonyl (C=O) groups is 1. The molecule has 0 radical (unpaired) electrons. The van der Waals surface area contributed by atoms with Crippen LogP contribution in [-0.2, 0) is 10.7 Å². The third-order valence-electron chi connectivity index (χ3n) is 3.14. The molecule has 19 heavy (non-hydrogen) atoms. The van der Waals surface area contributed by atoms with Crippen molar-refractivity contribution in [3.05, 3.63) is 35.9 Å². The normalized spacial score (nSPS) is 13.1. The molecule has 1 rings (SSSR count). The van der Waals surface area contributed by atoms with E-state index in [1.807, 2.05) is 0 Å². The highest BCUT2D eigenvalue weighted by Crippen LogP contribution is 2.34. The lowest BCUT2D eigenvalue weighted by atomic mass is 9.94. The molecular weight excluding hydrogens is 250 g/mol. The molecule has 106 valence electrons. The van der Waals surface area contributed by atoms with Gasteiger partial charge in [-0.15, -0.1) is 0 Å². The van der Waals surface area contributed by atoms with Crippen molar-refractivity contribution in [3.63, 3.8) is 0 Å². The summed E-state index contributed by atoms with van der Waals surface area (Å²) in [5.41, 5.74) is 5.39. The van der Waals surface area contributed by atoms with Gasteiger partial charge in [0, 0.05) is 24.9 Å². The third kappa shape index (κ3) is 4.59. The van der Waals surface area contributed by atoms with Crippen molar-refractivity contribution in [3.8, 4) is 0 Å². The van der Waals surface area contributed by atoms with Crippen LogP contribution in [0.5, 0.6) is 0 Å². The molecule has 0 aliphatic heterocycles. The molecule has 0 fully saturated rings. The van der Waals surface area contributed by atoms with Gasteiger partial charge in [-0.2, -0.15) is 0 Å². The Hall–Kier alpha value is -1.49. The maximum atomic E-state index is 14.0. The van der Waals surface area contributed by atoms with Gasteiger partial charge >= 0.3 is 0 Å². The van der Waals surface area contributed by atoms with E-state index in [0.29, 0.717) is 13.0 Å². The number of hydrogen-bond donors (Lipinski definition) is 2. The number of halogens is 2. The van der Waals surface area contributed by atoms with Crippen LogP contribution in [0.3, 0.4) is 0 Å². The summed E-state index contributed by atoms with van der Waals surface area (Å²) in [5, 5.41) is 2.49. The molecule has 1 aromatic rings. The van der Waals surface area contributed by atoms with Gasteiger partial charge < -0.3 is 11.1 Å². The van der Waals surface area contributed by atoms with E-state index in [0.717, 1.165) is 0 Å². The lowest BCUT2D eigenvalue weighted by Crippen LogP contribution is -2.30. The molecule has 0 heterocycles. The Morgan fingerprint density at radius 3 is 2.47 bits per heavy atom. The highest BCUT2D eigenvalue weighted by molar-refractivity contribution is 5.78. The Balaban J connectivity index is 2.65. The van der Waals surface area contributed by atoms with E-state index in [2.05, 4.69) is 5.32 Å². The second-order valence-electron chi connectivity index (χ2n) is 4.50. The topological polar surface area (TPSA) is 55.1 Å². The Bertz CT molecular complexity index is 396. The number of benzene rings is 1. The Morgan fingerprint density at radius 1 is 1.32 bits per heavy atom. The number of alkyl halides is 2. The molecule has 0 aliphatic rings. The van der Waals surface area contributed by atoms with Gasteiger partial charge in [0.2, 0.25) is 5.91 Å². The van der Waals surface area contributed by atoms with Gasteiger partial charge in [0.1, 0.15) is 0 Å². The molecular formula is C14H20F2N2O. The van der Waals surface area contributed by atoms with Crippen LogP contribution in [0.4, 0.5) is 8.78 Å². The Labute approximate surface area is 112 Å². The van der Waals surface area contributed by atoms with Gasteiger partial charge in [0.25, 0.3) is 5.92 Å². The van der Waals surface area contributed by atoms with Gasteiger partial charge in [0.05, 0.1) is 0 Å². The van der Waals surface area contributed by atoms with Crippen LogP contribution in [0.2, 0.25) is 0 Å². The Morgan fingerprint density at radius 2 is 1.95 bits per heavy atom. The van der Waals surface area contributed by atoms with Crippen molar-refractivity contribution in [2.75, 3.05) is 13.6 Å². The van der Waals surface area contributed by atoms with Gasteiger partial charge in [-0.25, -0.2) is 8.78 Å². The molecule has 0 bridgehead atoms. The van der Waals surface area contributed by atoms with Crippen molar-refractivity contribution < 1.29 is 13.6 Å². The fourth-order valence-electron chi connectivity index (χ4n) is 1.99. The van der Waals surface area contributed by atoms with Crippen LogP contribution < -0.4 is 11.1 Å². The maximum absolute atomic E-state index is 14.0. The van der Waals surface area contributed by atoms with E-state index in [1.165, 1.54) is 19.2 Å². The zero-order valence-electron chi connectivity index (χ0n) is 11.0. The summed E-state index contributed by atoms with van der Waals surface area (Å²) >= 11 is 0. The predicted octanol–water partition coefficient (Wildman–Crippen LogP) is 2.27. The summed E-state index contributed by atoms with van der Waals surface area (Å²) < 4.78 is 27.9. The second kappa shape index (κ2) is 7.19. The minimum Gasteiger partial charge on any atom is -0.359 e. The molecule has 1 unspecified atom stereocenters. The van der Waals surface area contributed by atoms with Gasteiger partial charge in [0.15, 0.2) is 0 Å². The number of nitrogens with two attached hydrogens (primary N) is 1. The first kappa shape index (κ1) is 15.6. The van der Waals surface area contributed by atoms with Crippen molar-refractivity contribution >= 4 is 5.91 Å². The minimum atomic E-state index is -2.91. The fourth-order valence-corrected chi connectivity index (χ4v) is 1.99. The first-order valence-electron chi connectivity index (χ1n) is 6.36. The van der Waals surface area contributed by atoms with Crippen LogP contribution in [0, 0.1) is 5.92 Å². The minimum absolute atomic E-state index is 0.0154. The van der Waals surface area contributed by atoms with E-state index < -0.39 is 11.8 Å². The summed E-state index contributed by atoms with van der Waals surface area (Å²) in [6.07, 6.45) is 0.193. The summed E-state index contributed by atoms with van der Waals surface area (Å²) in [6.45, 7) is 0.314. The molecule has 0 aliphatic carbocycles. The van der Waals surface area contributed by atoms with Crippen molar-refractivity contribution in [1.82, 2.24) is 5.32 Å². The molecule has 3 nitrogen and oxygen atoms in total. The van der Waals surface area contributed by atoms with E-state index in [1.54, 1.807) is 18.2 Å². The number of hydrogen-bond acceptors (Lipinski definition) is 2. The monoisotopic (exact) mass is 270 g/mol. The van der Waals surface area contributed by atoms with Gasteiger partial charge in [-0.05, 0) is 19.4 Å². The van der Waals surface area contributed by atoms with Crippen LogP contribution in [-0.4, -0.2) is 19.5 Å². The lowest BCUT2D eigenvalue weighted by Gasteiger charge is -2.20. The number of amides is 1. The average Bonchev–Trinajstić information content (AvgIpc) is 2.43. The SMILES string of the molecule is CNC(=O)C(CCN)CCC(F)(F)c1ccccc1. The van der Waals surface area contributed by atoms with E-state index in [9.17, 15) is 13.6 Å². The fraction of sp³-hybridized carbons (Fsp3) is 0.500. The lowest BCUT2D eigenvalue weighted by molar-refractivity contribution is -0.125. The quantitative estimate of drug-likeness (QED) is 0.798. The largest absolute Gasteiger partial charge is 0.359 e. The van der Waals surface area contributed by atoms with Gasteiger partial charge in [-0.1, -0.05) is 30.3 Å². The molecule has 0 spiro atoms. The highest BCUT2D eigenvalue weighted by Gasteiger charge is 2.32. The van der Waals surface area contributed by atoms with Crippen LogP contribution >= 0.6 is 0 Å². The molecule has 1 atom stereocenters. The van der Waals surface area contributed by atoms with Crippen LogP contribution in [0.25, 0.3) is 0 Å². The van der Waals surface area contributed by atoms with E-state index in [-0.39, 0.29) is 24.3 Å². The van der Waals surface area contributed by atoms with Crippen LogP contribution in [0.15, 0.2) is 30.3 Å². The molecule has 0 saturated carbocycles. The number of nitrogens with one attached hydrogen (secondary N) is 1. The van der Waals surface area contributed by atoms with Crippen LogP contribution in [0.1, 0.15) is 24.8 Å². The molecule has 1 aromatic carbocycles. The zero-order chi connectivity index (χ0) is 14.3. The first-order valence-corrected chi connectivity index (χ1v) is 6.36. The number of rotatable bonds is 7. The molecule has 3 N–H and O–H groups in total. The summed E-state index contributed by atoms with van der Waals surface area (Å²) in [6, 6.07) is 7.66. The molecule has 1 amide bonds. The first-order chi connectivity index (χ1) is 9.01. The Kier molecular flexibility index (Phi) is 5.89. The highest BCUT2D eigenvalue weighted by atomic mass is 19.3. The zero-order valence-corrected chi connectivity index (χ0v) is 11.0. The number of carbonyl (C=O) groups excluding carboxylic acids is 1. The summed E-state index contributed by atoms with van der Waals surface area (Å²) in [4.78, 5) is 11.5. The third-order valence-corrected chi connectivity index (χ3v) is 3.14. The molecule has 0 aromatic heterocycles. The van der Waals surface area contributed by atoms with Crippen molar-refractivity contribution in [1.29, 1.82) is 0 Å². The predicted molar refractivity (Wildman–Crippen MR) is 70.8 cm³/mol. The van der Waals surface area contributed by atoms with Crippen molar-refractivity contribution in [2.24, 2.45) is 11.7 Å². The molecule has 0 saturated heterocycles. The van der Waals surface area contributed by atoms with E-state index in [4.69, 9.17) is 5.73 Å². The van der Waals surface area contributed by atoms with Crippen molar-refractivity contribution in [2.45, 2.75) is 25.2 Å². The second-order valence-corrected chi connectivity index (χ2v) is 4.50. The summed E-state index contributed by atoms with van der Waals surface area (Å²) in [5.74, 6) is -3.60. The maximum Gasteiger partial charge on any atom is 0.273 e. The van der Waals surface area contributed by atoms with E-state index >= 15 is 0 Å². The summed E-state index contributed by atoms with van der Waals surface area (Å²) in [7, 11) is 1.50.